The minimum absolute atomic E-state index is 0. The largest absolute Gasteiger partial charge is 0.382 e. The predicted molar refractivity (Wildman–Crippen MR) is 84.5 cm³/mol. The first-order valence-corrected chi connectivity index (χ1v) is 7.64. The van der Waals surface area contributed by atoms with Crippen LogP contribution in [0.1, 0.15) is 56.3 Å². The molecule has 1 saturated carbocycles. The number of ether oxygens (including phenoxy) is 1. The molecule has 0 aromatic carbocycles. The fourth-order valence-electron chi connectivity index (χ4n) is 2.72. The van der Waals surface area contributed by atoms with Gasteiger partial charge in [0, 0.05) is 31.5 Å². The zero-order chi connectivity index (χ0) is 13.5. The quantitative estimate of drug-likeness (QED) is 0.749. The number of nitrogens with one attached hydrogen (secondary N) is 1. The molecule has 2 rings (SSSR count). The monoisotopic (exact) mass is 301 g/mol. The third kappa shape index (κ3) is 5.08. The number of hydrogen-bond donors (Lipinski definition) is 1. The van der Waals surface area contributed by atoms with E-state index in [0.717, 1.165) is 32.7 Å². The van der Waals surface area contributed by atoms with E-state index in [-0.39, 0.29) is 12.4 Å². The maximum absolute atomic E-state index is 5.32. The van der Waals surface area contributed by atoms with Crippen molar-refractivity contribution >= 4 is 12.4 Å². The predicted octanol–water partition coefficient (Wildman–Crippen LogP) is 3.24. The molecular weight excluding hydrogens is 274 g/mol. The molecule has 0 saturated heterocycles. The highest BCUT2D eigenvalue weighted by molar-refractivity contribution is 5.85. The average molecular weight is 302 g/mol. The Morgan fingerprint density at radius 3 is 2.85 bits per heavy atom. The van der Waals surface area contributed by atoms with Crippen LogP contribution in [0.15, 0.2) is 6.20 Å². The fraction of sp³-hybridized carbons (Fsp3) is 0.800. The molecule has 0 bridgehead atoms. The van der Waals surface area contributed by atoms with Crippen LogP contribution in [0, 0.1) is 6.92 Å². The topological polar surface area (TPSA) is 39.1 Å². The van der Waals surface area contributed by atoms with Gasteiger partial charge in [0.1, 0.15) is 0 Å². The molecule has 1 aromatic rings. The molecule has 116 valence electrons. The van der Waals surface area contributed by atoms with E-state index in [1.54, 1.807) is 0 Å². The van der Waals surface area contributed by atoms with Gasteiger partial charge < -0.3 is 10.1 Å². The molecule has 1 heterocycles. The van der Waals surface area contributed by atoms with Crippen LogP contribution in [0.4, 0.5) is 0 Å². The molecule has 1 fully saturated rings. The van der Waals surface area contributed by atoms with Crippen molar-refractivity contribution < 1.29 is 4.74 Å². The lowest BCUT2D eigenvalue weighted by atomic mass is 10.2. The summed E-state index contributed by atoms with van der Waals surface area (Å²) in [5.74, 6) is 0. The third-order valence-corrected chi connectivity index (χ3v) is 3.88. The first kappa shape index (κ1) is 17.5. The molecule has 5 heteroatoms. The molecule has 4 nitrogen and oxygen atoms in total. The van der Waals surface area contributed by atoms with Gasteiger partial charge >= 0.3 is 0 Å². The van der Waals surface area contributed by atoms with Crippen molar-refractivity contribution in [2.24, 2.45) is 0 Å². The maximum Gasteiger partial charge on any atom is 0.0638 e. The Morgan fingerprint density at radius 2 is 2.15 bits per heavy atom. The summed E-state index contributed by atoms with van der Waals surface area (Å²) in [6, 6.07) is 0.644. The summed E-state index contributed by atoms with van der Waals surface area (Å²) in [4.78, 5) is 0. The molecule has 1 aliphatic carbocycles. The lowest BCUT2D eigenvalue weighted by Gasteiger charge is -2.08. The first-order valence-electron chi connectivity index (χ1n) is 7.64. The SMILES string of the molecule is CCOCCCNCc1cn(C2CCCC2)nc1C.Cl. The summed E-state index contributed by atoms with van der Waals surface area (Å²) >= 11 is 0. The van der Waals surface area contributed by atoms with Gasteiger partial charge in [0.2, 0.25) is 0 Å². The minimum Gasteiger partial charge on any atom is -0.382 e. The van der Waals surface area contributed by atoms with E-state index in [4.69, 9.17) is 4.74 Å². The highest BCUT2D eigenvalue weighted by Crippen LogP contribution is 2.29. The Kier molecular flexibility index (Phi) is 8.19. The first-order chi connectivity index (χ1) is 9.31. The lowest BCUT2D eigenvalue weighted by Crippen LogP contribution is -2.16. The summed E-state index contributed by atoms with van der Waals surface area (Å²) in [5.41, 5.74) is 2.51. The molecule has 0 aliphatic heterocycles. The van der Waals surface area contributed by atoms with Gasteiger partial charge in [-0.2, -0.15) is 5.10 Å². The second-order valence-corrected chi connectivity index (χ2v) is 5.39. The summed E-state index contributed by atoms with van der Waals surface area (Å²) in [5, 5.41) is 8.14. The number of nitrogens with zero attached hydrogens (tertiary/aromatic N) is 2. The van der Waals surface area contributed by atoms with E-state index >= 15 is 0 Å². The normalized spacial score (nSPS) is 15.5. The number of aromatic nitrogens is 2. The zero-order valence-electron chi connectivity index (χ0n) is 12.7. The van der Waals surface area contributed by atoms with Crippen molar-refractivity contribution in [3.05, 3.63) is 17.5 Å². The second kappa shape index (κ2) is 9.37. The molecule has 20 heavy (non-hydrogen) atoms. The van der Waals surface area contributed by atoms with E-state index in [2.05, 4.69) is 28.2 Å². The van der Waals surface area contributed by atoms with Gasteiger partial charge in [-0.3, -0.25) is 4.68 Å². The van der Waals surface area contributed by atoms with Crippen molar-refractivity contribution in [2.45, 2.75) is 58.5 Å². The Hall–Kier alpha value is -0.580. The zero-order valence-corrected chi connectivity index (χ0v) is 13.5. The van der Waals surface area contributed by atoms with Crippen LogP contribution in [0.25, 0.3) is 0 Å². The Morgan fingerprint density at radius 1 is 1.40 bits per heavy atom. The third-order valence-electron chi connectivity index (χ3n) is 3.88. The molecule has 1 aliphatic rings. The van der Waals surface area contributed by atoms with Gasteiger partial charge in [-0.1, -0.05) is 12.8 Å². The smallest absolute Gasteiger partial charge is 0.0638 e. The molecule has 0 unspecified atom stereocenters. The van der Waals surface area contributed by atoms with E-state index < -0.39 is 0 Å². The molecule has 0 radical (unpaired) electrons. The van der Waals surface area contributed by atoms with Crippen molar-refractivity contribution in [2.75, 3.05) is 19.8 Å². The lowest BCUT2D eigenvalue weighted by molar-refractivity contribution is 0.144. The van der Waals surface area contributed by atoms with Gasteiger partial charge in [0.05, 0.1) is 11.7 Å². The van der Waals surface area contributed by atoms with E-state index in [1.807, 2.05) is 6.92 Å². The van der Waals surface area contributed by atoms with Crippen LogP contribution < -0.4 is 5.32 Å². The van der Waals surface area contributed by atoms with Gasteiger partial charge in [-0.25, -0.2) is 0 Å². The van der Waals surface area contributed by atoms with E-state index in [1.165, 1.54) is 36.9 Å². The second-order valence-electron chi connectivity index (χ2n) is 5.39. The molecular formula is C15H28ClN3O. The number of aryl methyl sites for hydroxylation is 1. The van der Waals surface area contributed by atoms with Crippen molar-refractivity contribution in [3.63, 3.8) is 0 Å². The average Bonchev–Trinajstić information content (AvgIpc) is 3.03. The van der Waals surface area contributed by atoms with Gasteiger partial charge in [0.25, 0.3) is 0 Å². The van der Waals surface area contributed by atoms with Gasteiger partial charge in [-0.15, -0.1) is 12.4 Å². The summed E-state index contributed by atoms with van der Waals surface area (Å²) in [7, 11) is 0. The number of hydrogen-bond acceptors (Lipinski definition) is 3. The Labute approximate surface area is 128 Å². The van der Waals surface area contributed by atoms with Crippen molar-refractivity contribution in [3.8, 4) is 0 Å². The Balaban J connectivity index is 0.00000200. The summed E-state index contributed by atoms with van der Waals surface area (Å²) in [6.45, 7) is 7.74. The summed E-state index contributed by atoms with van der Waals surface area (Å²) in [6.07, 6.45) is 8.61. The van der Waals surface area contributed by atoms with E-state index in [9.17, 15) is 0 Å². The number of halogens is 1. The highest BCUT2D eigenvalue weighted by atomic mass is 35.5. The highest BCUT2D eigenvalue weighted by Gasteiger charge is 2.18. The van der Waals surface area contributed by atoms with Crippen LogP contribution >= 0.6 is 12.4 Å². The molecule has 0 atom stereocenters. The van der Waals surface area contributed by atoms with Crippen LogP contribution in [0.3, 0.4) is 0 Å². The van der Waals surface area contributed by atoms with E-state index in [0.29, 0.717) is 6.04 Å². The Bertz CT molecular complexity index is 375. The molecule has 0 spiro atoms. The molecule has 1 aromatic heterocycles. The molecule has 1 N–H and O–H groups in total. The van der Waals surface area contributed by atoms with Crippen LogP contribution in [0.2, 0.25) is 0 Å². The summed E-state index contributed by atoms with van der Waals surface area (Å²) < 4.78 is 7.52. The van der Waals surface area contributed by atoms with Gasteiger partial charge in [0.15, 0.2) is 0 Å². The van der Waals surface area contributed by atoms with Crippen molar-refractivity contribution in [1.82, 2.24) is 15.1 Å². The number of rotatable bonds is 8. The van der Waals surface area contributed by atoms with Crippen LogP contribution in [-0.2, 0) is 11.3 Å². The van der Waals surface area contributed by atoms with Gasteiger partial charge in [-0.05, 0) is 39.7 Å². The van der Waals surface area contributed by atoms with Crippen LogP contribution in [-0.4, -0.2) is 29.5 Å². The fourth-order valence-corrected chi connectivity index (χ4v) is 2.72. The van der Waals surface area contributed by atoms with Crippen molar-refractivity contribution in [1.29, 1.82) is 0 Å². The molecule has 0 amide bonds. The van der Waals surface area contributed by atoms with Crippen LogP contribution in [0.5, 0.6) is 0 Å². The maximum atomic E-state index is 5.32. The standard InChI is InChI=1S/C15H27N3O.ClH/c1-3-19-10-6-9-16-11-14-12-18(17-13(14)2)15-7-4-5-8-15;/h12,15-16H,3-11H2,1-2H3;1H. The minimum atomic E-state index is 0.